The van der Waals surface area contributed by atoms with E-state index in [1.165, 1.54) is 12.3 Å². The molecule has 0 aliphatic rings. The first kappa shape index (κ1) is 14.4. The van der Waals surface area contributed by atoms with Gasteiger partial charge in [-0.3, -0.25) is 4.98 Å². The lowest BCUT2D eigenvalue weighted by atomic mass is 10.0. The quantitative estimate of drug-likeness (QED) is 0.860. The van der Waals surface area contributed by atoms with Gasteiger partial charge in [0, 0.05) is 6.20 Å². The molecule has 2 rings (SSSR count). The average molecular weight is 288 g/mol. The maximum Gasteiger partial charge on any atom is 0.419 e. The fraction of sp³-hybridized carbons (Fsp3) is 0.154. The predicted molar refractivity (Wildman–Crippen MR) is 61.6 cm³/mol. The Morgan fingerprint density at radius 1 is 1.05 bits per heavy atom. The number of benzene rings is 1. The molecule has 2 aromatic rings. The molecular formula is C13H9F5N2. The van der Waals surface area contributed by atoms with Crippen molar-refractivity contribution in [2.24, 2.45) is 5.73 Å². The summed E-state index contributed by atoms with van der Waals surface area (Å²) >= 11 is 0. The monoisotopic (exact) mass is 288 g/mol. The van der Waals surface area contributed by atoms with Gasteiger partial charge in [0.05, 0.1) is 17.3 Å². The lowest BCUT2D eigenvalue weighted by molar-refractivity contribution is -0.140. The fourth-order valence-electron chi connectivity index (χ4n) is 1.74. The zero-order valence-electron chi connectivity index (χ0n) is 9.96. The second kappa shape index (κ2) is 5.16. The summed E-state index contributed by atoms with van der Waals surface area (Å²) in [5.74, 6) is -2.15. The molecular weight excluding hydrogens is 279 g/mol. The standard InChI is InChI=1S/C13H9F5N2/c14-9-4-3-7(6-8(9)13(16,17)18)11(19)12-10(15)2-1-5-20-12/h1-6,11H,19H2/t11-/m1/s1. The SMILES string of the molecule is N[C@H](c1ccc(F)c(C(F)(F)F)c1)c1ncccc1F. The van der Waals surface area contributed by atoms with E-state index in [-0.39, 0.29) is 11.3 Å². The van der Waals surface area contributed by atoms with Crippen molar-refractivity contribution >= 4 is 0 Å². The molecule has 2 nitrogen and oxygen atoms in total. The van der Waals surface area contributed by atoms with Crippen LogP contribution < -0.4 is 5.73 Å². The molecule has 1 atom stereocenters. The van der Waals surface area contributed by atoms with Crippen LogP contribution in [0.3, 0.4) is 0 Å². The number of rotatable bonds is 2. The first-order chi connectivity index (χ1) is 9.30. The summed E-state index contributed by atoms with van der Waals surface area (Å²) in [7, 11) is 0. The van der Waals surface area contributed by atoms with Crippen LogP contribution in [-0.4, -0.2) is 4.98 Å². The van der Waals surface area contributed by atoms with Gasteiger partial charge in [-0.15, -0.1) is 0 Å². The van der Waals surface area contributed by atoms with E-state index in [2.05, 4.69) is 4.98 Å². The number of hydrogen-bond acceptors (Lipinski definition) is 2. The van der Waals surface area contributed by atoms with E-state index in [0.717, 1.165) is 12.1 Å². The number of nitrogens with two attached hydrogens (primary N) is 1. The van der Waals surface area contributed by atoms with E-state index in [0.29, 0.717) is 12.1 Å². The van der Waals surface area contributed by atoms with Gasteiger partial charge in [0.25, 0.3) is 0 Å². The molecule has 7 heteroatoms. The summed E-state index contributed by atoms with van der Waals surface area (Å²) in [6.45, 7) is 0. The smallest absolute Gasteiger partial charge is 0.319 e. The van der Waals surface area contributed by atoms with Crippen molar-refractivity contribution < 1.29 is 22.0 Å². The Morgan fingerprint density at radius 3 is 2.35 bits per heavy atom. The van der Waals surface area contributed by atoms with Crippen molar-refractivity contribution in [2.45, 2.75) is 12.2 Å². The van der Waals surface area contributed by atoms with Crippen LogP contribution >= 0.6 is 0 Å². The molecule has 0 saturated carbocycles. The number of hydrogen-bond donors (Lipinski definition) is 1. The van der Waals surface area contributed by atoms with Crippen LogP contribution in [0.25, 0.3) is 0 Å². The zero-order chi connectivity index (χ0) is 14.9. The van der Waals surface area contributed by atoms with Crippen LogP contribution in [0.1, 0.15) is 22.9 Å². The Morgan fingerprint density at radius 2 is 1.75 bits per heavy atom. The molecule has 0 fully saturated rings. The molecule has 1 heterocycles. The lowest BCUT2D eigenvalue weighted by Gasteiger charge is -2.15. The van der Waals surface area contributed by atoms with Crippen LogP contribution in [0.4, 0.5) is 22.0 Å². The molecule has 0 bridgehead atoms. The van der Waals surface area contributed by atoms with Crippen LogP contribution in [0.15, 0.2) is 36.5 Å². The van der Waals surface area contributed by atoms with E-state index < -0.39 is 29.4 Å². The van der Waals surface area contributed by atoms with E-state index >= 15 is 0 Å². The van der Waals surface area contributed by atoms with Gasteiger partial charge in [-0.2, -0.15) is 13.2 Å². The number of nitrogens with zero attached hydrogens (tertiary/aromatic N) is 1. The Kier molecular flexibility index (Phi) is 3.71. The van der Waals surface area contributed by atoms with Gasteiger partial charge in [0.15, 0.2) is 0 Å². The Balaban J connectivity index is 2.46. The zero-order valence-corrected chi connectivity index (χ0v) is 9.96. The van der Waals surface area contributed by atoms with Crippen molar-refractivity contribution in [1.82, 2.24) is 4.98 Å². The van der Waals surface area contributed by atoms with Crippen LogP contribution in [0.5, 0.6) is 0 Å². The fourth-order valence-corrected chi connectivity index (χ4v) is 1.74. The summed E-state index contributed by atoms with van der Waals surface area (Å²) < 4.78 is 64.5. The normalized spacial score (nSPS) is 13.3. The van der Waals surface area contributed by atoms with Gasteiger partial charge in [-0.1, -0.05) is 6.07 Å². The Labute approximate surface area is 111 Å². The minimum atomic E-state index is -4.84. The van der Waals surface area contributed by atoms with Gasteiger partial charge < -0.3 is 5.73 Å². The number of pyridine rings is 1. The molecule has 0 aliphatic heterocycles. The van der Waals surface area contributed by atoms with Crippen LogP contribution in [0.2, 0.25) is 0 Å². The molecule has 0 aliphatic carbocycles. The summed E-state index contributed by atoms with van der Waals surface area (Å²) in [4.78, 5) is 3.69. The largest absolute Gasteiger partial charge is 0.419 e. The third-order valence-corrected chi connectivity index (χ3v) is 2.74. The van der Waals surface area contributed by atoms with E-state index in [1.54, 1.807) is 0 Å². The van der Waals surface area contributed by atoms with Gasteiger partial charge in [-0.05, 0) is 29.8 Å². The molecule has 1 aromatic carbocycles. The van der Waals surface area contributed by atoms with E-state index in [9.17, 15) is 22.0 Å². The highest BCUT2D eigenvalue weighted by molar-refractivity contribution is 5.33. The summed E-state index contributed by atoms with van der Waals surface area (Å²) in [5, 5.41) is 0. The molecule has 0 radical (unpaired) electrons. The lowest BCUT2D eigenvalue weighted by Crippen LogP contribution is -2.17. The third kappa shape index (κ3) is 2.77. The second-order valence-corrected chi connectivity index (χ2v) is 4.09. The molecule has 0 amide bonds. The van der Waals surface area contributed by atoms with Crippen molar-refractivity contribution in [2.75, 3.05) is 0 Å². The van der Waals surface area contributed by atoms with Crippen molar-refractivity contribution in [3.05, 3.63) is 65.0 Å². The topological polar surface area (TPSA) is 38.9 Å². The van der Waals surface area contributed by atoms with Gasteiger partial charge in [0.1, 0.15) is 11.6 Å². The third-order valence-electron chi connectivity index (χ3n) is 2.74. The van der Waals surface area contributed by atoms with Gasteiger partial charge in [-0.25, -0.2) is 8.78 Å². The molecule has 0 unspecified atom stereocenters. The summed E-state index contributed by atoms with van der Waals surface area (Å²) in [6.07, 6.45) is -3.57. The number of halogens is 5. The van der Waals surface area contributed by atoms with Gasteiger partial charge in [0.2, 0.25) is 0 Å². The first-order valence-electron chi connectivity index (χ1n) is 5.53. The Hall–Kier alpha value is -2.02. The number of alkyl halides is 3. The molecule has 2 N–H and O–H groups in total. The van der Waals surface area contributed by atoms with Crippen molar-refractivity contribution in [3.63, 3.8) is 0 Å². The summed E-state index contributed by atoms with van der Waals surface area (Å²) in [6, 6.07) is 3.50. The first-order valence-corrected chi connectivity index (χ1v) is 5.53. The van der Waals surface area contributed by atoms with Crippen LogP contribution in [0, 0.1) is 11.6 Å². The Bertz CT molecular complexity index is 624. The highest BCUT2D eigenvalue weighted by Gasteiger charge is 2.34. The second-order valence-electron chi connectivity index (χ2n) is 4.09. The number of aromatic nitrogens is 1. The maximum atomic E-state index is 13.5. The molecule has 0 spiro atoms. The van der Waals surface area contributed by atoms with Crippen LogP contribution in [-0.2, 0) is 6.18 Å². The average Bonchev–Trinajstić information content (AvgIpc) is 2.37. The highest BCUT2D eigenvalue weighted by atomic mass is 19.4. The minimum Gasteiger partial charge on any atom is -0.319 e. The molecule has 20 heavy (non-hydrogen) atoms. The minimum absolute atomic E-state index is 0.0728. The van der Waals surface area contributed by atoms with Crippen molar-refractivity contribution in [3.8, 4) is 0 Å². The van der Waals surface area contributed by atoms with Gasteiger partial charge >= 0.3 is 6.18 Å². The predicted octanol–water partition coefficient (Wildman–Crippen LogP) is 3.43. The van der Waals surface area contributed by atoms with E-state index in [1.807, 2.05) is 0 Å². The van der Waals surface area contributed by atoms with Crippen molar-refractivity contribution in [1.29, 1.82) is 0 Å². The maximum absolute atomic E-state index is 13.5. The van der Waals surface area contributed by atoms with E-state index in [4.69, 9.17) is 5.73 Å². The molecule has 0 saturated heterocycles. The molecule has 1 aromatic heterocycles. The molecule has 106 valence electrons. The highest BCUT2D eigenvalue weighted by Crippen LogP contribution is 2.33. The summed E-state index contributed by atoms with van der Waals surface area (Å²) in [5.41, 5.74) is 3.97.